The second-order valence-electron chi connectivity index (χ2n) is 5.22. The average molecular weight is 300 g/mol. The summed E-state index contributed by atoms with van der Waals surface area (Å²) < 4.78 is 36.1. The lowest BCUT2D eigenvalue weighted by molar-refractivity contribution is 0.0940. The van der Waals surface area contributed by atoms with Gasteiger partial charge < -0.3 is 5.32 Å². The number of primary sulfonamides is 1. The lowest BCUT2D eigenvalue weighted by Crippen LogP contribution is -2.30. The van der Waals surface area contributed by atoms with Gasteiger partial charge in [0.2, 0.25) is 10.0 Å². The van der Waals surface area contributed by atoms with Gasteiger partial charge in [0.25, 0.3) is 5.91 Å². The van der Waals surface area contributed by atoms with Gasteiger partial charge in [0.05, 0.1) is 10.5 Å². The Kier molecular flexibility index (Phi) is 3.84. The van der Waals surface area contributed by atoms with Gasteiger partial charge in [-0.25, -0.2) is 17.9 Å². The maximum absolute atomic E-state index is 13.6. The van der Waals surface area contributed by atoms with Crippen LogP contribution in [-0.2, 0) is 10.0 Å². The van der Waals surface area contributed by atoms with Gasteiger partial charge in [-0.05, 0) is 42.9 Å². The fourth-order valence-corrected chi connectivity index (χ4v) is 2.59. The van der Waals surface area contributed by atoms with E-state index in [4.69, 9.17) is 5.14 Å². The highest BCUT2D eigenvalue weighted by Gasteiger charge is 2.40. The summed E-state index contributed by atoms with van der Waals surface area (Å²) in [6.45, 7) is 2.52. The zero-order valence-electron chi connectivity index (χ0n) is 11.1. The molecule has 1 amide bonds. The summed E-state index contributed by atoms with van der Waals surface area (Å²) in [5, 5.41) is 7.63. The SMILES string of the molecule is CCC1(CNC(=O)c2cc(S(N)(=O)=O)ccc2F)CC1. The molecule has 0 unspecified atom stereocenters. The summed E-state index contributed by atoms with van der Waals surface area (Å²) in [7, 11) is -3.96. The zero-order valence-corrected chi connectivity index (χ0v) is 12.0. The van der Waals surface area contributed by atoms with E-state index in [0.717, 1.165) is 37.5 Å². The van der Waals surface area contributed by atoms with Crippen LogP contribution in [0.3, 0.4) is 0 Å². The number of hydrogen-bond acceptors (Lipinski definition) is 3. The Bertz CT molecular complexity index is 639. The average Bonchev–Trinajstić information content (AvgIpc) is 3.16. The molecule has 0 aromatic heterocycles. The minimum atomic E-state index is -3.96. The van der Waals surface area contributed by atoms with Crippen LogP contribution >= 0.6 is 0 Å². The van der Waals surface area contributed by atoms with E-state index >= 15 is 0 Å². The van der Waals surface area contributed by atoms with Crippen LogP contribution in [0.25, 0.3) is 0 Å². The highest BCUT2D eigenvalue weighted by atomic mass is 32.2. The summed E-state index contributed by atoms with van der Waals surface area (Å²) in [6.07, 6.45) is 3.04. The minimum Gasteiger partial charge on any atom is -0.351 e. The molecule has 0 bridgehead atoms. The fraction of sp³-hybridized carbons (Fsp3) is 0.462. The largest absolute Gasteiger partial charge is 0.351 e. The van der Waals surface area contributed by atoms with Crippen LogP contribution in [0.15, 0.2) is 23.1 Å². The molecule has 0 spiro atoms. The molecule has 5 nitrogen and oxygen atoms in total. The third-order valence-electron chi connectivity index (χ3n) is 3.84. The Morgan fingerprint density at radius 3 is 2.60 bits per heavy atom. The molecule has 0 heterocycles. The number of carbonyl (C=O) groups is 1. The predicted octanol–water partition coefficient (Wildman–Crippen LogP) is 1.39. The zero-order chi connectivity index (χ0) is 15.0. The third-order valence-corrected chi connectivity index (χ3v) is 4.75. The van der Waals surface area contributed by atoms with Crippen LogP contribution in [0.1, 0.15) is 36.5 Å². The molecule has 1 aromatic rings. The normalized spacial score (nSPS) is 16.8. The second kappa shape index (κ2) is 5.14. The van der Waals surface area contributed by atoms with Gasteiger partial charge in [0, 0.05) is 6.54 Å². The molecule has 1 aromatic carbocycles. The Morgan fingerprint density at radius 2 is 2.10 bits per heavy atom. The number of carbonyl (C=O) groups excluding carboxylic acids is 1. The number of nitrogens with one attached hydrogen (secondary N) is 1. The van der Waals surface area contributed by atoms with Crippen molar-refractivity contribution in [3.8, 4) is 0 Å². The smallest absolute Gasteiger partial charge is 0.254 e. The maximum Gasteiger partial charge on any atom is 0.254 e. The second-order valence-corrected chi connectivity index (χ2v) is 6.78. The van der Waals surface area contributed by atoms with Crippen molar-refractivity contribution < 1.29 is 17.6 Å². The summed E-state index contributed by atoms with van der Waals surface area (Å²) >= 11 is 0. The van der Waals surface area contributed by atoms with E-state index in [1.807, 2.05) is 6.92 Å². The van der Waals surface area contributed by atoms with Crippen molar-refractivity contribution in [1.82, 2.24) is 5.32 Å². The van der Waals surface area contributed by atoms with Crippen LogP contribution in [0.4, 0.5) is 4.39 Å². The van der Waals surface area contributed by atoms with E-state index < -0.39 is 21.7 Å². The van der Waals surface area contributed by atoms with E-state index in [0.29, 0.717) is 6.54 Å². The van der Waals surface area contributed by atoms with E-state index in [2.05, 4.69) is 5.32 Å². The van der Waals surface area contributed by atoms with Gasteiger partial charge in [-0.2, -0.15) is 0 Å². The molecule has 1 fully saturated rings. The standard InChI is InChI=1S/C13H17FN2O3S/c1-2-13(5-6-13)8-16-12(17)10-7-9(20(15,18)19)3-4-11(10)14/h3-4,7H,2,5-6,8H2,1H3,(H,16,17)(H2,15,18,19). The molecule has 3 N–H and O–H groups in total. The Labute approximate surface area is 117 Å². The van der Waals surface area contributed by atoms with Crippen LogP contribution in [0.5, 0.6) is 0 Å². The maximum atomic E-state index is 13.6. The molecule has 1 aliphatic carbocycles. The molecule has 0 saturated heterocycles. The lowest BCUT2D eigenvalue weighted by Gasteiger charge is -2.14. The first-order chi connectivity index (χ1) is 9.27. The molecular formula is C13H17FN2O3S. The molecule has 7 heteroatoms. The highest BCUT2D eigenvalue weighted by molar-refractivity contribution is 7.89. The van der Waals surface area contributed by atoms with Crippen molar-refractivity contribution in [1.29, 1.82) is 0 Å². The molecule has 1 saturated carbocycles. The van der Waals surface area contributed by atoms with E-state index in [9.17, 15) is 17.6 Å². The van der Waals surface area contributed by atoms with Crippen LogP contribution < -0.4 is 10.5 Å². The molecule has 0 radical (unpaired) electrons. The number of amides is 1. The first kappa shape index (κ1) is 14.9. The molecule has 110 valence electrons. The molecule has 20 heavy (non-hydrogen) atoms. The van der Waals surface area contributed by atoms with Gasteiger partial charge in [-0.15, -0.1) is 0 Å². The van der Waals surface area contributed by atoms with E-state index in [1.54, 1.807) is 0 Å². The number of rotatable bonds is 5. The van der Waals surface area contributed by atoms with Crippen LogP contribution in [-0.4, -0.2) is 20.9 Å². The molecule has 0 atom stereocenters. The Balaban J connectivity index is 2.17. The minimum absolute atomic E-state index is 0.129. The van der Waals surface area contributed by atoms with Gasteiger partial charge in [0.15, 0.2) is 0 Å². The molecule has 0 aliphatic heterocycles. The Morgan fingerprint density at radius 1 is 1.45 bits per heavy atom. The number of sulfonamides is 1. The van der Waals surface area contributed by atoms with E-state index in [1.165, 1.54) is 0 Å². The van der Waals surface area contributed by atoms with Crippen molar-refractivity contribution in [3.63, 3.8) is 0 Å². The first-order valence-electron chi connectivity index (χ1n) is 6.38. The van der Waals surface area contributed by atoms with Crippen molar-refractivity contribution in [2.24, 2.45) is 10.6 Å². The number of halogens is 1. The fourth-order valence-electron chi connectivity index (χ4n) is 2.05. The van der Waals surface area contributed by atoms with Crippen molar-refractivity contribution in [2.75, 3.05) is 6.54 Å². The van der Waals surface area contributed by atoms with Gasteiger partial charge >= 0.3 is 0 Å². The predicted molar refractivity (Wildman–Crippen MR) is 72.1 cm³/mol. The Hall–Kier alpha value is -1.47. The molecule has 2 rings (SSSR count). The highest BCUT2D eigenvalue weighted by Crippen LogP contribution is 2.47. The van der Waals surface area contributed by atoms with Crippen LogP contribution in [0, 0.1) is 11.2 Å². The van der Waals surface area contributed by atoms with Gasteiger partial charge in [-0.1, -0.05) is 6.92 Å². The lowest BCUT2D eigenvalue weighted by atomic mass is 10.0. The number of nitrogens with two attached hydrogens (primary N) is 1. The number of hydrogen-bond donors (Lipinski definition) is 2. The van der Waals surface area contributed by atoms with Gasteiger partial charge in [-0.3, -0.25) is 4.79 Å². The summed E-state index contributed by atoms with van der Waals surface area (Å²) in [5.74, 6) is -1.39. The summed E-state index contributed by atoms with van der Waals surface area (Å²) in [4.78, 5) is 11.7. The quantitative estimate of drug-likeness (QED) is 0.861. The summed E-state index contributed by atoms with van der Waals surface area (Å²) in [5.41, 5.74) is -0.174. The first-order valence-corrected chi connectivity index (χ1v) is 7.93. The molecule has 1 aliphatic rings. The van der Waals surface area contributed by atoms with Crippen molar-refractivity contribution in [3.05, 3.63) is 29.6 Å². The van der Waals surface area contributed by atoms with Crippen molar-refractivity contribution >= 4 is 15.9 Å². The molecular weight excluding hydrogens is 283 g/mol. The van der Waals surface area contributed by atoms with Crippen LogP contribution in [0.2, 0.25) is 0 Å². The van der Waals surface area contributed by atoms with E-state index in [-0.39, 0.29) is 15.9 Å². The summed E-state index contributed by atoms with van der Waals surface area (Å²) in [6, 6.07) is 2.93. The number of benzene rings is 1. The van der Waals surface area contributed by atoms with Gasteiger partial charge in [0.1, 0.15) is 5.82 Å². The third kappa shape index (κ3) is 3.16. The topological polar surface area (TPSA) is 89.3 Å². The monoisotopic (exact) mass is 300 g/mol. The van der Waals surface area contributed by atoms with Crippen molar-refractivity contribution in [2.45, 2.75) is 31.1 Å².